The van der Waals surface area contributed by atoms with Gasteiger partial charge in [-0.1, -0.05) is 19.1 Å². The van der Waals surface area contributed by atoms with Crippen LogP contribution in [0.4, 0.5) is 0 Å². The van der Waals surface area contributed by atoms with E-state index < -0.39 is 0 Å². The molecule has 1 aromatic rings. The number of benzene rings is 1. The summed E-state index contributed by atoms with van der Waals surface area (Å²) in [4.78, 5) is 14.5. The molecule has 0 aromatic heterocycles. The van der Waals surface area contributed by atoms with Crippen molar-refractivity contribution < 1.29 is 4.79 Å². The molecule has 0 spiro atoms. The van der Waals surface area contributed by atoms with Crippen molar-refractivity contribution in [2.45, 2.75) is 40.2 Å². The molecular weight excluding hydrogens is 236 g/mol. The quantitative estimate of drug-likeness (QED) is 0.736. The van der Waals surface area contributed by atoms with E-state index in [-0.39, 0.29) is 11.8 Å². The van der Waals surface area contributed by atoms with Gasteiger partial charge in [0, 0.05) is 18.5 Å². The van der Waals surface area contributed by atoms with E-state index in [0.29, 0.717) is 13.0 Å². The first kappa shape index (κ1) is 15.4. The van der Waals surface area contributed by atoms with Crippen LogP contribution in [0, 0.1) is 25.2 Å². The van der Waals surface area contributed by atoms with Gasteiger partial charge in [0.15, 0.2) is 5.78 Å². The molecule has 3 heteroatoms. The predicted molar refractivity (Wildman–Crippen MR) is 77.2 cm³/mol. The van der Waals surface area contributed by atoms with E-state index in [2.05, 4.69) is 6.07 Å². The summed E-state index contributed by atoms with van der Waals surface area (Å²) in [6, 6.07) is 7.78. The van der Waals surface area contributed by atoms with Gasteiger partial charge in [-0.3, -0.25) is 9.69 Å². The standard InChI is InChI=1S/C16H22N2O/c1-5-18(10-6-9-17)14(4)16(19)15-8-7-12(2)13(3)11-15/h7-8,11,14H,5-6,10H2,1-4H3. The molecule has 0 aliphatic rings. The monoisotopic (exact) mass is 258 g/mol. The highest BCUT2D eigenvalue weighted by atomic mass is 16.1. The number of ketones is 1. The summed E-state index contributed by atoms with van der Waals surface area (Å²) in [7, 11) is 0. The molecule has 1 aromatic carbocycles. The second-order valence-corrected chi connectivity index (χ2v) is 4.88. The Morgan fingerprint density at radius 3 is 2.58 bits per heavy atom. The van der Waals surface area contributed by atoms with Crippen molar-refractivity contribution in [3.8, 4) is 6.07 Å². The lowest BCUT2D eigenvalue weighted by molar-refractivity contribution is 0.0847. The Morgan fingerprint density at radius 2 is 2.05 bits per heavy atom. The maximum Gasteiger partial charge on any atom is 0.179 e. The largest absolute Gasteiger partial charge is 0.293 e. The van der Waals surface area contributed by atoms with Gasteiger partial charge in [0.1, 0.15) is 0 Å². The van der Waals surface area contributed by atoms with E-state index in [1.807, 2.05) is 50.8 Å². The SMILES string of the molecule is CCN(CCC#N)C(C)C(=O)c1ccc(C)c(C)c1. The van der Waals surface area contributed by atoms with Gasteiger partial charge >= 0.3 is 0 Å². The molecule has 0 saturated heterocycles. The molecule has 1 unspecified atom stereocenters. The topological polar surface area (TPSA) is 44.1 Å². The lowest BCUT2D eigenvalue weighted by Crippen LogP contribution is -2.39. The zero-order chi connectivity index (χ0) is 14.4. The molecule has 3 nitrogen and oxygen atoms in total. The average Bonchev–Trinajstić information content (AvgIpc) is 2.41. The fourth-order valence-electron chi connectivity index (χ4n) is 2.12. The van der Waals surface area contributed by atoms with Gasteiger partial charge < -0.3 is 0 Å². The third kappa shape index (κ3) is 3.90. The fraction of sp³-hybridized carbons (Fsp3) is 0.500. The number of hydrogen-bond acceptors (Lipinski definition) is 3. The highest BCUT2D eigenvalue weighted by Crippen LogP contribution is 2.14. The van der Waals surface area contributed by atoms with Gasteiger partial charge in [-0.05, 0) is 44.5 Å². The van der Waals surface area contributed by atoms with Crippen molar-refractivity contribution in [1.82, 2.24) is 4.90 Å². The normalized spacial score (nSPS) is 12.2. The number of carbonyl (C=O) groups is 1. The second-order valence-electron chi connectivity index (χ2n) is 4.88. The van der Waals surface area contributed by atoms with Gasteiger partial charge in [0.2, 0.25) is 0 Å². The molecule has 0 heterocycles. The van der Waals surface area contributed by atoms with E-state index in [9.17, 15) is 4.79 Å². The van der Waals surface area contributed by atoms with Crippen LogP contribution < -0.4 is 0 Å². The second kappa shape index (κ2) is 7.06. The number of nitrogens with zero attached hydrogens (tertiary/aromatic N) is 2. The van der Waals surface area contributed by atoms with Crippen molar-refractivity contribution >= 4 is 5.78 Å². The highest BCUT2D eigenvalue weighted by molar-refractivity contribution is 6.00. The lowest BCUT2D eigenvalue weighted by Gasteiger charge is -2.26. The fourth-order valence-corrected chi connectivity index (χ4v) is 2.12. The number of Topliss-reactive ketones (excluding diaryl/α,β-unsaturated/α-hetero) is 1. The zero-order valence-corrected chi connectivity index (χ0v) is 12.2. The third-order valence-electron chi connectivity index (χ3n) is 3.64. The summed E-state index contributed by atoms with van der Waals surface area (Å²) in [6.07, 6.45) is 0.457. The van der Waals surface area contributed by atoms with Crippen LogP contribution >= 0.6 is 0 Å². The smallest absolute Gasteiger partial charge is 0.179 e. The molecule has 102 valence electrons. The van der Waals surface area contributed by atoms with Crippen LogP contribution in [0.5, 0.6) is 0 Å². The van der Waals surface area contributed by atoms with E-state index in [1.54, 1.807) is 0 Å². The van der Waals surface area contributed by atoms with E-state index in [1.165, 1.54) is 5.56 Å². The van der Waals surface area contributed by atoms with Crippen LogP contribution in [-0.2, 0) is 0 Å². The molecule has 0 N–H and O–H groups in total. The summed E-state index contributed by atoms with van der Waals surface area (Å²) in [5.74, 6) is 0.128. The number of nitriles is 1. The molecule has 1 rings (SSSR count). The van der Waals surface area contributed by atoms with Crippen LogP contribution in [0.1, 0.15) is 41.8 Å². The summed E-state index contributed by atoms with van der Waals surface area (Å²) < 4.78 is 0. The van der Waals surface area contributed by atoms with Crippen LogP contribution in [-0.4, -0.2) is 29.8 Å². The maximum atomic E-state index is 12.4. The molecule has 1 atom stereocenters. The van der Waals surface area contributed by atoms with E-state index in [0.717, 1.165) is 17.7 Å². The number of likely N-dealkylation sites (N-methyl/N-ethyl adjacent to an activating group) is 1. The molecule has 0 amide bonds. The van der Waals surface area contributed by atoms with Crippen LogP contribution in [0.2, 0.25) is 0 Å². The van der Waals surface area contributed by atoms with E-state index in [4.69, 9.17) is 5.26 Å². The molecular formula is C16H22N2O. The van der Waals surface area contributed by atoms with Crippen LogP contribution in [0.25, 0.3) is 0 Å². The Labute approximate surface area is 115 Å². The molecule has 0 aliphatic heterocycles. The predicted octanol–water partition coefficient (Wildman–Crippen LogP) is 3.11. The summed E-state index contributed by atoms with van der Waals surface area (Å²) in [6.45, 7) is 9.41. The molecule has 0 radical (unpaired) electrons. The van der Waals surface area contributed by atoms with Crippen LogP contribution in [0.15, 0.2) is 18.2 Å². The minimum absolute atomic E-state index is 0.128. The molecule has 0 fully saturated rings. The Kier molecular flexibility index (Phi) is 5.72. The van der Waals surface area contributed by atoms with Crippen molar-refractivity contribution in [3.05, 3.63) is 34.9 Å². The van der Waals surface area contributed by atoms with Gasteiger partial charge in [0.05, 0.1) is 12.1 Å². The van der Waals surface area contributed by atoms with Crippen molar-refractivity contribution in [2.75, 3.05) is 13.1 Å². The Bertz CT molecular complexity index is 488. The number of hydrogen-bond donors (Lipinski definition) is 0. The van der Waals surface area contributed by atoms with Gasteiger partial charge in [-0.15, -0.1) is 0 Å². The summed E-state index contributed by atoms with van der Waals surface area (Å²) in [5.41, 5.74) is 3.09. The average molecular weight is 258 g/mol. The Morgan fingerprint density at radius 1 is 1.37 bits per heavy atom. The van der Waals surface area contributed by atoms with Crippen LogP contribution in [0.3, 0.4) is 0 Å². The first-order valence-electron chi connectivity index (χ1n) is 6.73. The Balaban J connectivity index is 2.85. The molecule has 19 heavy (non-hydrogen) atoms. The summed E-state index contributed by atoms with van der Waals surface area (Å²) in [5, 5.41) is 8.65. The maximum absolute atomic E-state index is 12.4. The molecule has 0 saturated carbocycles. The molecule has 0 aliphatic carbocycles. The van der Waals surface area contributed by atoms with Gasteiger partial charge in [0.25, 0.3) is 0 Å². The van der Waals surface area contributed by atoms with Crippen molar-refractivity contribution in [2.24, 2.45) is 0 Å². The zero-order valence-electron chi connectivity index (χ0n) is 12.2. The van der Waals surface area contributed by atoms with Crippen molar-refractivity contribution in [3.63, 3.8) is 0 Å². The number of aryl methyl sites for hydroxylation is 2. The number of rotatable bonds is 6. The first-order chi connectivity index (χ1) is 9.01. The third-order valence-corrected chi connectivity index (χ3v) is 3.64. The van der Waals surface area contributed by atoms with E-state index >= 15 is 0 Å². The number of carbonyl (C=O) groups excluding carboxylic acids is 1. The lowest BCUT2D eigenvalue weighted by atomic mass is 9.99. The highest BCUT2D eigenvalue weighted by Gasteiger charge is 2.21. The van der Waals surface area contributed by atoms with Gasteiger partial charge in [-0.2, -0.15) is 5.26 Å². The first-order valence-corrected chi connectivity index (χ1v) is 6.73. The Hall–Kier alpha value is -1.66. The molecule has 0 bridgehead atoms. The van der Waals surface area contributed by atoms with Gasteiger partial charge in [-0.25, -0.2) is 0 Å². The minimum Gasteiger partial charge on any atom is -0.293 e. The minimum atomic E-state index is -0.180. The summed E-state index contributed by atoms with van der Waals surface area (Å²) >= 11 is 0. The van der Waals surface area contributed by atoms with Crippen molar-refractivity contribution in [1.29, 1.82) is 5.26 Å².